The third kappa shape index (κ3) is 11.1. The van der Waals surface area contributed by atoms with Gasteiger partial charge < -0.3 is 20.5 Å². The molecule has 0 saturated carbocycles. The summed E-state index contributed by atoms with van der Waals surface area (Å²) < 4.78 is 9.31. The van der Waals surface area contributed by atoms with Gasteiger partial charge in [0.05, 0.1) is 16.5 Å². The molecule has 3 N–H and O–H groups in total. The number of halogens is 5. The maximum atomic E-state index is 12.5. The number of rotatable bonds is 8. The van der Waals surface area contributed by atoms with E-state index in [1.54, 1.807) is 90.1 Å². The van der Waals surface area contributed by atoms with Crippen LogP contribution >= 0.6 is 62.3 Å². The maximum absolute atomic E-state index is 12.5. The van der Waals surface area contributed by atoms with Crippen molar-refractivity contribution in [2.75, 3.05) is 10.6 Å². The number of hydrogen-bond acceptors (Lipinski definition) is 10. The van der Waals surface area contributed by atoms with Gasteiger partial charge in [-0.3, -0.25) is 14.3 Å². The van der Waals surface area contributed by atoms with Gasteiger partial charge in [-0.15, -0.1) is 0 Å². The number of carbonyl (C=O) groups is 2. The summed E-state index contributed by atoms with van der Waals surface area (Å²) in [7, 11) is 3.62. The highest BCUT2D eigenvalue weighted by Gasteiger charge is 2.16. The lowest BCUT2D eigenvalue weighted by Gasteiger charge is -2.11. The lowest BCUT2D eigenvalue weighted by molar-refractivity contribution is 0.101. The van der Waals surface area contributed by atoms with E-state index >= 15 is 0 Å². The molecule has 4 heterocycles. The van der Waals surface area contributed by atoms with Gasteiger partial charge in [-0.25, -0.2) is 24.6 Å². The van der Waals surface area contributed by atoms with Gasteiger partial charge in [0.2, 0.25) is 0 Å². The Hall–Kier alpha value is -5.84. The molecule has 0 radical (unpaired) electrons. The smallest absolute Gasteiger partial charge is 0.255 e. The summed E-state index contributed by atoms with van der Waals surface area (Å²) in [5, 5.41) is 27.7. The zero-order valence-electron chi connectivity index (χ0n) is 32.8. The number of phenolic OH excluding ortho intramolecular Hbond substituents is 1. The number of amides is 2. The molecule has 61 heavy (non-hydrogen) atoms. The largest absolute Gasteiger partial charge is 0.508 e. The molecule has 0 aliphatic rings. The summed E-state index contributed by atoms with van der Waals surface area (Å²) in [6.07, 6.45) is 2.83. The summed E-state index contributed by atoms with van der Waals surface area (Å²) in [6, 6.07) is 23.9. The topological polar surface area (TPSA) is 175 Å². The zero-order chi connectivity index (χ0) is 43.8. The number of benzene rings is 4. The average molecular weight is 966 g/mol. The highest BCUT2D eigenvalue weighted by Crippen LogP contribution is 2.28. The Labute approximate surface area is 378 Å². The van der Waals surface area contributed by atoms with Crippen molar-refractivity contribution in [3.63, 3.8) is 0 Å². The molecule has 0 aliphatic carbocycles. The number of aryl methyl sites for hydroxylation is 4. The van der Waals surface area contributed by atoms with Crippen LogP contribution in [0.25, 0.3) is 22.1 Å². The second-order valence-corrected chi connectivity index (χ2v) is 15.3. The number of phenols is 1. The van der Waals surface area contributed by atoms with Crippen molar-refractivity contribution in [2.24, 2.45) is 14.1 Å². The number of nitrogens with zero attached hydrogens (tertiary/aromatic N) is 8. The fourth-order valence-corrected chi connectivity index (χ4v) is 7.03. The van der Waals surface area contributed by atoms with Crippen LogP contribution in [0.3, 0.4) is 0 Å². The molecule has 19 heteroatoms. The molecule has 0 saturated heterocycles. The van der Waals surface area contributed by atoms with Crippen molar-refractivity contribution in [1.29, 1.82) is 0 Å². The lowest BCUT2D eigenvalue weighted by atomic mass is 10.1. The number of ether oxygens (including phenoxy) is 1. The molecule has 0 bridgehead atoms. The van der Waals surface area contributed by atoms with Crippen LogP contribution in [0, 0.1) is 13.8 Å². The number of anilines is 2. The van der Waals surface area contributed by atoms with Crippen LogP contribution < -0.4 is 15.4 Å². The molecule has 0 atom stereocenters. The normalized spacial score (nSPS) is 10.7. The van der Waals surface area contributed by atoms with Crippen LogP contribution in [0.15, 0.2) is 97.6 Å². The first-order valence-corrected chi connectivity index (χ1v) is 20.7. The third-order valence-corrected chi connectivity index (χ3v) is 10.4. The van der Waals surface area contributed by atoms with Gasteiger partial charge in [-0.1, -0.05) is 86.6 Å². The van der Waals surface area contributed by atoms with E-state index in [0.717, 1.165) is 27.9 Å². The summed E-state index contributed by atoms with van der Waals surface area (Å²) in [6.45, 7) is 3.89. The third-order valence-electron chi connectivity index (χ3n) is 8.87. The summed E-state index contributed by atoms with van der Waals surface area (Å²) >= 11 is 27.3. The van der Waals surface area contributed by atoms with Crippen LogP contribution in [0.2, 0.25) is 20.4 Å². The number of nitrogens with one attached hydrogen (secondary N) is 2. The minimum atomic E-state index is -0.263. The highest BCUT2D eigenvalue weighted by molar-refractivity contribution is 9.08. The fraction of sp³-hybridized carbons (Fsp3) is 0.143. The Morgan fingerprint density at radius 1 is 0.672 bits per heavy atom. The molecule has 0 unspecified atom stereocenters. The van der Waals surface area contributed by atoms with Gasteiger partial charge in [-0.2, -0.15) is 10.2 Å². The van der Waals surface area contributed by atoms with Crippen molar-refractivity contribution in [2.45, 2.75) is 25.8 Å². The Bertz CT molecular complexity index is 2890. The fourth-order valence-electron chi connectivity index (χ4n) is 5.78. The Morgan fingerprint density at radius 2 is 1.16 bits per heavy atom. The average Bonchev–Trinajstić information content (AvgIpc) is 3.76. The first-order valence-electron chi connectivity index (χ1n) is 18.1. The minimum Gasteiger partial charge on any atom is -0.508 e. The van der Waals surface area contributed by atoms with E-state index in [1.807, 2.05) is 26.1 Å². The van der Waals surface area contributed by atoms with Gasteiger partial charge >= 0.3 is 0 Å². The van der Waals surface area contributed by atoms with Gasteiger partial charge in [0, 0.05) is 64.1 Å². The van der Waals surface area contributed by atoms with E-state index in [-0.39, 0.29) is 24.2 Å². The lowest BCUT2D eigenvalue weighted by Crippen LogP contribution is -2.12. The quantitative estimate of drug-likeness (QED) is 0.0982. The Balaban J connectivity index is 0.000000170. The van der Waals surface area contributed by atoms with E-state index in [0.29, 0.717) is 70.7 Å². The molecule has 8 rings (SSSR count). The van der Waals surface area contributed by atoms with Crippen LogP contribution in [-0.2, 0) is 26.0 Å². The molecule has 4 aromatic heterocycles. The van der Waals surface area contributed by atoms with E-state index < -0.39 is 0 Å². The highest BCUT2D eigenvalue weighted by atomic mass is 79.9. The standard InChI is InChI=1S/C21H17Cl2N5O2.C14H12ClNO2.C7H6BrClN4/c1-12-6-7-15(26-21(29)13-4-3-5-14(22)8-13)9-17(12)30-10-16-18-19(23)24-11-25-20(18)28(2)27-16;1-9-5-6-12(8-13(9)17)16-14(18)10-3-2-4-11(15)7-10;1-13-7-5(4(2-8)12-13)6(9)10-3-11-7/h3-9,11H,10H2,1-2H3,(H,26,29);2-8,17H,1H3,(H,16,18);3H,2H2,1H3. The zero-order valence-corrected chi connectivity index (χ0v) is 37.4. The molecule has 2 amide bonds. The molecule has 8 aromatic rings. The van der Waals surface area contributed by atoms with Crippen molar-refractivity contribution in [3.05, 3.63) is 152 Å². The first-order chi connectivity index (χ1) is 29.2. The second kappa shape index (κ2) is 20.1. The molecule has 0 aliphatic heterocycles. The first kappa shape index (κ1) is 44.7. The predicted octanol–water partition coefficient (Wildman–Crippen LogP) is 10.3. The Kier molecular flexibility index (Phi) is 14.8. The van der Waals surface area contributed by atoms with Crippen LogP contribution in [-0.4, -0.2) is 56.4 Å². The second-order valence-electron chi connectivity index (χ2n) is 13.2. The van der Waals surface area contributed by atoms with Crippen molar-refractivity contribution < 1.29 is 19.4 Å². The number of aromatic nitrogens is 8. The molecular formula is C42H35BrCl4N10O4. The van der Waals surface area contributed by atoms with Gasteiger partial charge in [0.1, 0.15) is 46.8 Å². The van der Waals surface area contributed by atoms with Crippen LogP contribution in [0.5, 0.6) is 11.5 Å². The molecule has 312 valence electrons. The molecule has 14 nitrogen and oxygen atoms in total. The van der Waals surface area contributed by atoms with Gasteiger partial charge in [0.25, 0.3) is 11.8 Å². The van der Waals surface area contributed by atoms with Crippen molar-refractivity contribution in [3.8, 4) is 11.5 Å². The van der Waals surface area contributed by atoms with E-state index in [4.69, 9.17) is 51.1 Å². The summed E-state index contributed by atoms with van der Waals surface area (Å²) in [4.78, 5) is 40.6. The Morgan fingerprint density at radius 3 is 1.67 bits per heavy atom. The minimum absolute atomic E-state index is 0.152. The van der Waals surface area contributed by atoms with E-state index in [9.17, 15) is 14.7 Å². The van der Waals surface area contributed by atoms with Crippen molar-refractivity contribution >= 4 is 108 Å². The van der Waals surface area contributed by atoms with Gasteiger partial charge in [-0.05, 0) is 73.5 Å². The SMILES string of the molecule is Cc1ccc(NC(=O)c2cccc(Cl)c2)cc1O.Cc1ccc(NC(=O)c2cccc(Cl)c2)cc1OCc1nn(C)c2ncnc(Cl)c12.Cn1nc(CBr)c2c(Cl)ncnc21. The molecular weight excluding hydrogens is 930 g/mol. The number of carbonyl (C=O) groups excluding carboxylic acids is 2. The summed E-state index contributed by atoms with van der Waals surface area (Å²) in [5.41, 5.74) is 6.66. The van der Waals surface area contributed by atoms with E-state index in [1.165, 1.54) is 18.7 Å². The number of alkyl halides is 1. The van der Waals surface area contributed by atoms with Crippen LogP contribution in [0.4, 0.5) is 11.4 Å². The molecule has 0 spiro atoms. The van der Waals surface area contributed by atoms with Crippen molar-refractivity contribution in [1.82, 2.24) is 39.5 Å². The number of aromatic hydroxyl groups is 1. The summed E-state index contributed by atoms with van der Waals surface area (Å²) in [5.74, 6) is 0.247. The van der Waals surface area contributed by atoms with Crippen LogP contribution in [0.1, 0.15) is 43.2 Å². The molecule has 4 aromatic carbocycles. The molecule has 0 fully saturated rings. The maximum Gasteiger partial charge on any atom is 0.255 e. The number of hydrogen-bond donors (Lipinski definition) is 3. The predicted molar refractivity (Wildman–Crippen MR) is 242 cm³/mol. The monoisotopic (exact) mass is 962 g/mol. The number of fused-ring (bicyclic) bond motifs is 2. The van der Waals surface area contributed by atoms with E-state index in [2.05, 4.69) is 56.7 Å². The van der Waals surface area contributed by atoms with Gasteiger partial charge in [0.15, 0.2) is 11.3 Å².